The summed E-state index contributed by atoms with van der Waals surface area (Å²) in [5.74, 6) is -0.577. The van der Waals surface area contributed by atoms with Gasteiger partial charge in [-0.3, -0.25) is 9.59 Å². The molecular formula is C23H23NO5S. The highest BCUT2D eigenvalue weighted by molar-refractivity contribution is 7.91. The molecule has 2 heterocycles. The molecule has 0 radical (unpaired) electrons. The third kappa shape index (κ3) is 4.03. The lowest BCUT2D eigenvalue weighted by atomic mass is 10.1. The SMILES string of the molecule is Cc1cc2oc(C(=O)N(Cc3ccccc3)[C@H]3CCS(=O)(=O)C3)cc(=O)c2cc1C. The molecule has 1 fully saturated rings. The van der Waals surface area contributed by atoms with Crippen LogP contribution in [0.15, 0.2) is 57.7 Å². The molecule has 1 aromatic heterocycles. The number of carbonyl (C=O) groups excluding carboxylic acids is 1. The monoisotopic (exact) mass is 425 g/mol. The molecule has 0 bridgehead atoms. The van der Waals surface area contributed by atoms with Crippen molar-refractivity contribution in [1.82, 2.24) is 4.90 Å². The average Bonchev–Trinajstić information content (AvgIpc) is 3.07. The Morgan fingerprint density at radius 1 is 1.10 bits per heavy atom. The highest BCUT2D eigenvalue weighted by atomic mass is 32.2. The molecule has 0 unspecified atom stereocenters. The van der Waals surface area contributed by atoms with E-state index < -0.39 is 21.8 Å². The van der Waals surface area contributed by atoms with Crippen molar-refractivity contribution in [2.75, 3.05) is 11.5 Å². The van der Waals surface area contributed by atoms with E-state index in [1.165, 1.54) is 11.0 Å². The average molecular weight is 426 g/mol. The van der Waals surface area contributed by atoms with Crippen molar-refractivity contribution < 1.29 is 17.6 Å². The van der Waals surface area contributed by atoms with E-state index >= 15 is 0 Å². The third-order valence-electron chi connectivity index (χ3n) is 5.66. The van der Waals surface area contributed by atoms with Crippen molar-refractivity contribution in [3.8, 4) is 0 Å². The molecular weight excluding hydrogens is 402 g/mol. The number of hydrogen-bond acceptors (Lipinski definition) is 5. The van der Waals surface area contributed by atoms with E-state index in [-0.39, 0.29) is 29.2 Å². The lowest BCUT2D eigenvalue weighted by Crippen LogP contribution is -2.40. The number of hydrogen-bond donors (Lipinski definition) is 0. The summed E-state index contributed by atoms with van der Waals surface area (Å²) in [5, 5.41) is 0.424. The van der Waals surface area contributed by atoms with Crippen molar-refractivity contribution >= 4 is 26.7 Å². The van der Waals surface area contributed by atoms with Gasteiger partial charge in [-0.25, -0.2) is 8.42 Å². The topological polar surface area (TPSA) is 84.7 Å². The van der Waals surface area contributed by atoms with Crippen LogP contribution in [0.4, 0.5) is 0 Å². The van der Waals surface area contributed by atoms with Crippen LogP contribution in [-0.2, 0) is 16.4 Å². The van der Waals surface area contributed by atoms with Gasteiger partial charge >= 0.3 is 0 Å². The van der Waals surface area contributed by atoms with Crippen molar-refractivity contribution in [1.29, 1.82) is 0 Å². The maximum absolute atomic E-state index is 13.4. The number of fused-ring (bicyclic) bond motifs is 1. The van der Waals surface area contributed by atoms with E-state index in [9.17, 15) is 18.0 Å². The summed E-state index contributed by atoms with van der Waals surface area (Å²) in [7, 11) is -3.19. The third-order valence-corrected chi connectivity index (χ3v) is 7.41. The largest absolute Gasteiger partial charge is 0.451 e. The molecule has 4 rings (SSSR count). The zero-order chi connectivity index (χ0) is 21.5. The molecule has 0 N–H and O–H groups in total. The zero-order valence-electron chi connectivity index (χ0n) is 16.9. The minimum absolute atomic E-state index is 0.0520. The van der Waals surface area contributed by atoms with E-state index in [4.69, 9.17) is 4.42 Å². The molecule has 0 spiro atoms. The summed E-state index contributed by atoms with van der Waals surface area (Å²) in [6, 6.07) is 13.6. The van der Waals surface area contributed by atoms with Crippen LogP contribution in [0.5, 0.6) is 0 Å². The van der Waals surface area contributed by atoms with Crippen molar-refractivity contribution in [3.05, 3.63) is 81.2 Å². The van der Waals surface area contributed by atoms with Crippen molar-refractivity contribution in [3.63, 3.8) is 0 Å². The summed E-state index contributed by atoms with van der Waals surface area (Å²) < 4.78 is 29.9. The fourth-order valence-corrected chi connectivity index (χ4v) is 5.56. The fourth-order valence-electron chi connectivity index (χ4n) is 3.83. The van der Waals surface area contributed by atoms with Gasteiger partial charge in [0.1, 0.15) is 5.58 Å². The van der Waals surface area contributed by atoms with Crippen LogP contribution >= 0.6 is 0 Å². The Balaban J connectivity index is 1.76. The van der Waals surface area contributed by atoms with Gasteiger partial charge in [-0.05, 0) is 49.1 Å². The molecule has 156 valence electrons. The molecule has 2 aromatic carbocycles. The molecule has 6 nitrogen and oxygen atoms in total. The molecule has 1 amide bonds. The van der Waals surface area contributed by atoms with Gasteiger partial charge in [0.2, 0.25) is 0 Å². The first-order valence-electron chi connectivity index (χ1n) is 9.84. The first-order chi connectivity index (χ1) is 14.2. The molecule has 0 saturated carbocycles. The van der Waals surface area contributed by atoms with E-state index in [0.717, 1.165) is 16.7 Å². The second-order valence-electron chi connectivity index (χ2n) is 7.88. The predicted molar refractivity (Wildman–Crippen MR) is 115 cm³/mol. The van der Waals surface area contributed by atoms with Crippen LogP contribution in [0, 0.1) is 13.8 Å². The van der Waals surface area contributed by atoms with Crippen LogP contribution in [0.25, 0.3) is 11.0 Å². The van der Waals surface area contributed by atoms with Crippen LogP contribution in [0.3, 0.4) is 0 Å². The molecule has 3 aromatic rings. The normalized spacial score (nSPS) is 17.9. The first kappa shape index (κ1) is 20.3. The molecule has 1 aliphatic heterocycles. The smallest absolute Gasteiger partial charge is 0.290 e. The Kier molecular flexibility index (Phi) is 5.24. The minimum atomic E-state index is -3.19. The lowest BCUT2D eigenvalue weighted by Gasteiger charge is -2.28. The number of carbonyl (C=O) groups is 1. The number of amides is 1. The quantitative estimate of drug-likeness (QED) is 0.641. The van der Waals surface area contributed by atoms with Gasteiger partial charge in [0.05, 0.1) is 16.9 Å². The Labute approximate surface area is 175 Å². The Morgan fingerprint density at radius 2 is 1.80 bits per heavy atom. The summed E-state index contributed by atoms with van der Waals surface area (Å²) >= 11 is 0. The highest BCUT2D eigenvalue weighted by Gasteiger charge is 2.36. The maximum Gasteiger partial charge on any atom is 0.290 e. The van der Waals surface area contributed by atoms with Crippen LogP contribution in [0.1, 0.15) is 33.7 Å². The van der Waals surface area contributed by atoms with E-state index in [1.54, 1.807) is 12.1 Å². The van der Waals surface area contributed by atoms with Crippen molar-refractivity contribution in [2.24, 2.45) is 0 Å². The molecule has 1 atom stereocenters. The van der Waals surface area contributed by atoms with Gasteiger partial charge in [-0.15, -0.1) is 0 Å². The number of aryl methyl sites for hydroxylation is 2. The summed E-state index contributed by atoms with van der Waals surface area (Å²) in [5.41, 5.74) is 2.87. The zero-order valence-corrected chi connectivity index (χ0v) is 17.7. The molecule has 30 heavy (non-hydrogen) atoms. The van der Waals surface area contributed by atoms with E-state index in [1.807, 2.05) is 44.2 Å². The number of nitrogens with zero attached hydrogens (tertiary/aromatic N) is 1. The van der Waals surface area contributed by atoms with E-state index in [0.29, 0.717) is 17.4 Å². The van der Waals surface area contributed by atoms with E-state index in [2.05, 4.69) is 0 Å². The van der Waals surface area contributed by atoms with Crippen LogP contribution in [-0.4, -0.2) is 36.8 Å². The van der Waals surface area contributed by atoms with Crippen LogP contribution < -0.4 is 5.43 Å². The fraction of sp³-hybridized carbons (Fsp3) is 0.304. The van der Waals surface area contributed by atoms with Gasteiger partial charge in [0, 0.05) is 18.7 Å². The van der Waals surface area contributed by atoms with Gasteiger partial charge in [0.25, 0.3) is 5.91 Å². The molecule has 0 aliphatic carbocycles. The summed E-state index contributed by atoms with van der Waals surface area (Å²) in [4.78, 5) is 27.6. The minimum Gasteiger partial charge on any atom is -0.451 e. The Bertz CT molecular complexity index is 1280. The van der Waals surface area contributed by atoms with Gasteiger partial charge in [-0.1, -0.05) is 30.3 Å². The van der Waals surface area contributed by atoms with Crippen molar-refractivity contribution in [2.45, 2.75) is 32.9 Å². The number of benzene rings is 2. The van der Waals surface area contributed by atoms with Crippen LogP contribution in [0.2, 0.25) is 0 Å². The first-order valence-corrected chi connectivity index (χ1v) is 11.7. The number of sulfone groups is 1. The lowest BCUT2D eigenvalue weighted by molar-refractivity contribution is 0.0648. The van der Waals surface area contributed by atoms with Gasteiger partial charge in [0.15, 0.2) is 21.0 Å². The second kappa shape index (κ2) is 7.72. The molecule has 7 heteroatoms. The second-order valence-corrected chi connectivity index (χ2v) is 10.1. The number of rotatable bonds is 4. The van der Waals surface area contributed by atoms with Gasteiger partial charge < -0.3 is 9.32 Å². The highest BCUT2D eigenvalue weighted by Crippen LogP contribution is 2.24. The molecule has 1 saturated heterocycles. The molecule has 1 aliphatic rings. The maximum atomic E-state index is 13.4. The predicted octanol–water partition coefficient (Wildman–Crippen LogP) is 3.24. The summed E-state index contributed by atoms with van der Waals surface area (Å²) in [6.45, 7) is 4.07. The standard InChI is InChI=1S/C23H23NO5S/c1-15-10-19-20(25)12-22(29-21(19)11-16(15)2)23(26)24(13-17-6-4-3-5-7-17)18-8-9-30(27,28)14-18/h3-7,10-12,18H,8-9,13-14H2,1-2H3/t18-/m0/s1. The van der Waals surface area contributed by atoms with Gasteiger partial charge in [-0.2, -0.15) is 0 Å². The Morgan fingerprint density at radius 3 is 2.47 bits per heavy atom. The summed E-state index contributed by atoms with van der Waals surface area (Å²) in [6.07, 6.45) is 0.372. The Hall–Kier alpha value is -2.93.